The van der Waals surface area contributed by atoms with Gasteiger partial charge in [0.2, 0.25) is 5.91 Å². The van der Waals surface area contributed by atoms with Crippen molar-refractivity contribution in [3.8, 4) is 11.3 Å². The van der Waals surface area contributed by atoms with E-state index in [4.69, 9.17) is 0 Å². The maximum atomic E-state index is 14.4. The van der Waals surface area contributed by atoms with Crippen molar-refractivity contribution in [1.82, 2.24) is 10.3 Å². The molecule has 1 aromatic heterocycles. The van der Waals surface area contributed by atoms with Gasteiger partial charge in [-0.05, 0) is 35.7 Å². The van der Waals surface area contributed by atoms with Crippen molar-refractivity contribution in [2.24, 2.45) is 0 Å². The monoisotopic (exact) mass is 374 g/mol. The summed E-state index contributed by atoms with van der Waals surface area (Å²) in [5, 5.41) is 3.31. The summed E-state index contributed by atoms with van der Waals surface area (Å²) in [6.07, 6.45) is -3.35. The van der Waals surface area contributed by atoms with Crippen molar-refractivity contribution < 1.29 is 22.4 Å². The standard InChI is InChI=1S/C20H14F4N2O/c1-2-17(27)25-11-15-10-13-4-3-5-16(21)18(13)19(26-15)12-6-8-14(9-7-12)20(22,23)24/h2-10H,1,11H2,(H,25,27). The topological polar surface area (TPSA) is 42.0 Å². The highest BCUT2D eigenvalue weighted by atomic mass is 19.4. The van der Waals surface area contributed by atoms with Crippen LogP contribution in [0.15, 0.2) is 61.2 Å². The number of hydrogen-bond acceptors (Lipinski definition) is 2. The smallest absolute Gasteiger partial charge is 0.347 e. The van der Waals surface area contributed by atoms with Gasteiger partial charge in [-0.3, -0.25) is 9.78 Å². The number of hydrogen-bond donors (Lipinski definition) is 1. The van der Waals surface area contributed by atoms with Crippen LogP contribution in [0.3, 0.4) is 0 Å². The molecule has 0 bridgehead atoms. The van der Waals surface area contributed by atoms with Crippen molar-refractivity contribution >= 4 is 16.7 Å². The van der Waals surface area contributed by atoms with E-state index in [0.29, 0.717) is 16.6 Å². The van der Waals surface area contributed by atoms with Crippen LogP contribution in [0.4, 0.5) is 17.6 Å². The number of benzene rings is 2. The number of nitrogens with one attached hydrogen (secondary N) is 1. The lowest BCUT2D eigenvalue weighted by Gasteiger charge is -2.12. The average molecular weight is 374 g/mol. The highest BCUT2D eigenvalue weighted by molar-refractivity contribution is 5.95. The first-order valence-electron chi connectivity index (χ1n) is 7.95. The van der Waals surface area contributed by atoms with E-state index in [9.17, 15) is 22.4 Å². The van der Waals surface area contributed by atoms with Gasteiger partial charge < -0.3 is 5.32 Å². The van der Waals surface area contributed by atoms with E-state index in [1.807, 2.05) is 0 Å². The molecule has 1 N–H and O–H groups in total. The van der Waals surface area contributed by atoms with Crippen LogP contribution in [0.1, 0.15) is 11.3 Å². The van der Waals surface area contributed by atoms with E-state index in [1.54, 1.807) is 12.1 Å². The van der Waals surface area contributed by atoms with Gasteiger partial charge in [0.1, 0.15) is 5.82 Å². The Morgan fingerprint density at radius 1 is 1.15 bits per heavy atom. The van der Waals surface area contributed by atoms with Crippen LogP contribution in [0.5, 0.6) is 0 Å². The molecule has 0 aliphatic heterocycles. The zero-order valence-corrected chi connectivity index (χ0v) is 14.0. The number of rotatable bonds is 4. The molecule has 0 radical (unpaired) electrons. The fourth-order valence-corrected chi connectivity index (χ4v) is 2.69. The Hall–Kier alpha value is -3.22. The molecule has 3 rings (SSSR count). The quantitative estimate of drug-likeness (QED) is 0.523. The zero-order valence-electron chi connectivity index (χ0n) is 14.0. The molecular formula is C20H14F4N2O. The molecule has 3 aromatic rings. The predicted molar refractivity (Wildman–Crippen MR) is 94.2 cm³/mol. The summed E-state index contributed by atoms with van der Waals surface area (Å²) in [7, 11) is 0. The first-order chi connectivity index (χ1) is 12.8. The number of pyridine rings is 1. The minimum absolute atomic E-state index is 0.0743. The molecule has 0 saturated carbocycles. The molecule has 3 nitrogen and oxygen atoms in total. The fraction of sp³-hybridized carbons (Fsp3) is 0.100. The highest BCUT2D eigenvalue weighted by Crippen LogP contribution is 2.33. The first kappa shape index (κ1) is 18.6. The van der Waals surface area contributed by atoms with E-state index < -0.39 is 23.5 Å². The normalized spacial score (nSPS) is 11.4. The SMILES string of the molecule is C=CC(=O)NCc1cc2cccc(F)c2c(-c2ccc(C(F)(F)F)cc2)n1. The van der Waals surface area contributed by atoms with Crippen LogP contribution in [-0.4, -0.2) is 10.9 Å². The van der Waals surface area contributed by atoms with Gasteiger partial charge >= 0.3 is 6.18 Å². The van der Waals surface area contributed by atoms with E-state index in [-0.39, 0.29) is 17.6 Å². The molecule has 2 aromatic carbocycles. The third-order valence-electron chi connectivity index (χ3n) is 3.97. The van der Waals surface area contributed by atoms with Crippen LogP contribution in [0.25, 0.3) is 22.0 Å². The third kappa shape index (κ3) is 3.97. The Kier molecular flexibility index (Phi) is 4.94. The lowest BCUT2D eigenvalue weighted by Crippen LogP contribution is -2.20. The molecule has 138 valence electrons. The summed E-state index contributed by atoms with van der Waals surface area (Å²) in [6.45, 7) is 3.43. The molecule has 0 aliphatic rings. The number of amides is 1. The minimum Gasteiger partial charge on any atom is -0.347 e. The Balaban J connectivity index is 2.11. The van der Waals surface area contributed by atoms with Gasteiger partial charge in [-0.2, -0.15) is 13.2 Å². The van der Waals surface area contributed by atoms with Gasteiger partial charge in [-0.25, -0.2) is 4.39 Å². The number of alkyl halides is 3. The van der Waals surface area contributed by atoms with Crippen molar-refractivity contribution in [3.05, 3.63) is 78.3 Å². The van der Waals surface area contributed by atoms with Crippen molar-refractivity contribution in [2.75, 3.05) is 0 Å². The molecular weight excluding hydrogens is 360 g/mol. The number of carbonyl (C=O) groups is 1. The summed E-state index contributed by atoms with van der Waals surface area (Å²) in [5.41, 5.74) is 0.195. The van der Waals surface area contributed by atoms with Gasteiger partial charge in [-0.1, -0.05) is 30.8 Å². The Morgan fingerprint density at radius 2 is 1.85 bits per heavy atom. The van der Waals surface area contributed by atoms with E-state index in [2.05, 4.69) is 16.9 Å². The minimum atomic E-state index is -4.46. The lowest BCUT2D eigenvalue weighted by atomic mass is 10.0. The number of halogens is 4. The summed E-state index contributed by atoms with van der Waals surface area (Å²) in [6, 6.07) is 10.4. The van der Waals surface area contributed by atoms with Gasteiger partial charge in [0, 0.05) is 10.9 Å². The van der Waals surface area contributed by atoms with Gasteiger partial charge in [0.25, 0.3) is 0 Å². The molecule has 1 heterocycles. The van der Waals surface area contributed by atoms with Gasteiger partial charge in [0.05, 0.1) is 23.5 Å². The van der Waals surface area contributed by atoms with Crippen LogP contribution in [0, 0.1) is 5.82 Å². The van der Waals surface area contributed by atoms with Gasteiger partial charge in [-0.15, -0.1) is 0 Å². The summed E-state index contributed by atoms with van der Waals surface area (Å²) in [4.78, 5) is 15.7. The Bertz CT molecular complexity index is 1010. The van der Waals surface area contributed by atoms with E-state index >= 15 is 0 Å². The summed E-state index contributed by atoms with van der Waals surface area (Å²) in [5.74, 6) is -0.927. The molecule has 0 saturated heterocycles. The van der Waals surface area contributed by atoms with Crippen LogP contribution < -0.4 is 5.32 Å². The summed E-state index contributed by atoms with van der Waals surface area (Å²) < 4.78 is 52.8. The zero-order chi connectivity index (χ0) is 19.6. The Labute approximate surface area is 152 Å². The number of nitrogens with zero attached hydrogens (tertiary/aromatic N) is 1. The fourth-order valence-electron chi connectivity index (χ4n) is 2.69. The van der Waals surface area contributed by atoms with Crippen molar-refractivity contribution in [3.63, 3.8) is 0 Å². The second-order valence-corrected chi connectivity index (χ2v) is 5.80. The second-order valence-electron chi connectivity index (χ2n) is 5.80. The van der Waals surface area contributed by atoms with Crippen LogP contribution in [-0.2, 0) is 17.5 Å². The number of aromatic nitrogens is 1. The molecule has 0 unspecified atom stereocenters. The third-order valence-corrected chi connectivity index (χ3v) is 3.97. The second kappa shape index (κ2) is 7.19. The molecule has 1 amide bonds. The number of fused-ring (bicyclic) bond motifs is 1. The Morgan fingerprint density at radius 3 is 2.48 bits per heavy atom. The van der Waals surface area contributed by atoms with Crippen LogP contribution >= 0.6 is 0 Å². The van der Waals surface area contributed by atoms with Crippen LogP contribution in [0.2, 0.25) is 0 Å². The van der Waals surface area contributed by atoms with Crippen molar-refractivity contribution in [2.45, 2.75) is 12.7 Å². The van der Waals surface area contributed by atoms with Crippen molar-refractivity contribution in [1.29, 1.82) is 0 Å². The largest absolute Gasteiger partial charge is 0.416 e. The number of carbonyl (C=O) groups excluding carboxylic acids is 1. The average Bonchev–Trinajstić information content (AvgIpc) is 2.65. The van der Waals surface area contributed by atoms with E-state index in [1.165, 1.54) is 24.3 Å². The lowest BCUT2D eigenvalue weighted by molar-refractivity contribution is -0.137. The highest BCUT2D eigenvalue weighted by Gasteiger charge is 2.30. The molecule has 27 heavy (non-hydrogen) atoms. The predicted octanol–water partition coefficient (Wildman–Crippen LogP) is 4.86. The molecule has 0 atom stereocenters. The summed E-state index contributed by atoms with van der Waals surface area (Å²) >= 11 is 0. The molecule has 7 heteroatoms. The first-order valence-corrected chi connectivity index (χ1v) is 7.95. The molecule has 0 aliphatic carbocycles. The maximum absolute atomic E-state index is 14.4. The molecule has 0 spiro atoms. The maximum Gasteiger partial charge on any atom is 0.416 e. The van der Waals surface area contributed by atoms with E-state index in [0.717, 1.165) is 18.2 Å². The van der Waals surface area contributed by atoms with Gasteiger partial charge in [0.15, 0.2) is 0 Å². The molecule has 0 fully saturated rings.